The fourth-order valence-electron chi connectivity index (χ4n) is 11.5. The number of benzene rings is 6. The average Bonchev–Trinajstić information content (AvgIpc) is 1.62. The van der Waals surface area contributed by atoms with E-state index in [-0.39, 0.29) is 75.5 Å². The molecule has 0 amide bonds. The minimum atomic E-state index is -1.00. The van der Waals surface area contributed by atoms with Crippen LogP contribution >= 0.6 is 35.8 Å². The van der Waals surface area contributed by atoms with Gasteiger partial charge in [-0.1, -0.05) is 105 Å². The summed E-state index contributed by atoms with van der Waals surface area (Å²) in [5, 5.41) is 70.1. The van der Waals surface area contributed by atoms with Crippen LogP contribution in [0, 0.1) is 4.77 Å². The second-order valence-electron chi connectivity index (χ2n) is 26.1. The third-order valence-electron chi connectivity index (χ3n) is 17.9. The van der Waals surface area contributed by atoms with Crippen molar-refractivity contribution >= 4 is 147 Å². The Morgan fingerprint density at radius 2 is 0.975 bits per heavy atom. The number of nitrogens with zero attached hydrogens (tertiary/aromatic N) is 16. The number of aryl methyl sites for hydroxylation is 2. The van der Waals surface area contributed by atoms with E-state index in [0.717, 1.165) is 115 Å². The van der Waals surface area contributed by atoms with Crippen molar-refractivity contribution in [2.45, 2.75) is 51.4 Å². The Balaban J connectivity index is 0.000000176. The smallest absolute Gasteiger partial charge is 0.870 e. The molecule has 17 aromatic rings. The van der Waals surface area contributed by atoms with Crippen LogP contribution < -0.4 is 57.9 Å². The average molecular weight is 1690 g/mol. The van der Waals surface area contributed by atoms with Gasteiger partial charge in [-0.25, -0.2) is 26.0 Å². The second-order valence-corrected chi connectivity index (χ2v) is 27.8. The number of methoxy groups -OCH3 is 1. The summed E-state index contributed by atoms with van der Waals surface area (Å²) in [4.78, 5) is 79.4. The molecule has 0 radical (unpaired) electrons. The maximum atomic E-state index is 11.1. The Kier molecular flexibility index (Phi) is 34.1. The summed E-state index contributed by atoms with van der Waals surface area (Å²) in [5.74, 6) is 12.8. The summed E-state index contributed by atoms with van der Waals surface area (Å²) in [7, 11) is 4.96. The molecule has 121 heavy (non-hydrogen) atoms. The predicted octanol–water partition coefficient (Wildman–Crippen LogP) is 9.35. The monoisotopic (exact) mass is 1690 g/mol. The number of aromatic amines is 1. The number of carboxylic acid groups (broad SMARTS) is 4. The van der Waals surface area contributed by atoms with E-state index in [0.29, 0.717) is 22.6 Å². The SMILES string of the molecule is C=C(C(=O)O)c1ccc2ncccc2c1.COC(=O)Cc1ccc2ncccc2c1.C[C@@H](c1ccc2ncccc2c1)c1n[nH]c(=S)n1N.C[C@@H](c1ccc2ncccc2c1)c1nnc2sc(-c3cnn(C)c3)nn12.C[C@H](C(=O)O)c1ccc2ncccc2c1.Cn1cc(C(=O)O)cn1.NNC(=S)NN.O=C(O)Cc1ccc2ncccc2c1.[Na+].[OH-]. The molecule has 612 valence electrons. The first kappa shape index (κ1) is 92.6. The third kappa shape index (κ3) is 25.5. The summed E-state index contributed by atoms with van der Waals surface area (Å²) in [6.07, 6.45) is 17.4. The zero-order chi connectivity index (χ0) is 85.2. The van der Waals surface area contributed by atoms with Gasteiger partial charge in [-0.15, -0.1) is 10.2 Å². The molecule has 0 fully saturated rings. The molecule has 0 aliphatic carbocycles. The second kappa shape index (κ2) is 44.6. The number of hydrazine groups is 2. The molecule has 0 bridgehead atoms. The number of esters is 1. The van der Waals surface area contributed by atoms with Crippen LogP contribution in [0.25, 0.3) is 86.5 Å². The van der Waals surface area contributed by atoms with E-state index >= 15 is 0 Å². The van der Waals surface area contributed by atoms with Crippen LogP contribution in [0.2, 0.25) is 0 Å². The van der Waals surface area contributed by atoms with Crippen LogP contribution in [0.4, 0.5) is 0 Å². The molecule has 6 aromatic carbocycles. The Morgan fingerprint density at radius 1 is 0.554 bits per heavy atom. The summed E-state index contributed by atoms with van der Waals surface area (Å²) in [6, 6.07) is 57.6. The van der Waals surface area contributed by atoms with Crippen LogP contribution in [0.1, 0.15) is 93.9 Å². The first-order valence-corrected chi connectivity index (χ1v) is 37.7. The van der Waals surface area contributed by atoms with Gasteiger partial charge in [-0.2, -0.15) is 24.9 Å². The minimum absolute atomic E-state index is 0. The molecule has 0 aliphatic heterocycles. The number of H-pyrrole nitrogens is 1. The van der Waals surface area contributed by atoms with Crippen LogP contribution in [0.3, 0.4) is 0 Å². The van der Waals surface area contributed by atoms with Crippen molar-refractivity contribution in [1.82, 2.24) is 95.0 Å². The number of thiocarbonyl (C=S) groups is 1. The molecule has 37 heteroatoms. The van der Waals surface area contributed by atoms with Crippen molar-refractivity contribution in [2.75, 3.05) is 13.0 Å². The maximum absolute atomic E-state index is 11.1. The predicted molar refractivity (Wildman–Crippen MR) is 463 cm³/mol. The molecule has 11 heterocycles. The van der Waals surface area contributed by atoms with Crippen molar-refractivity contribution in [3.8, 4) is 10.6 Å². The topological polar surface area (TPSA) is 497 Å². The number of fused-ring (bicyclic) bond motifs is 7. The molecule has 0 aliphatic rings. The van der Waals surface area contributed by atoms with Crippen LogP contribution in [-0.2, 0) is 50.9 Å². The Morgan fingerprint density at radius 3 is 1.36 bits per heavy atom. The van der Waals surface area contributed by atoms with Gasteiger partial charge >= 0.3 is 59.4 Å². The number of nitrogens with two attached hydrogens (primary N) is 3. The Bertz CT molecular complexity index is 6530. The van der Waals surface area contributed by atoms with Gasteiger partial charge in [0.1, 0.15) is 0 Å². The fraction of sp³-hybridized carbons (Fsp3) is 0.131. The molecule has 33 nitrogen and oxygen atoms in total. The molecular formula is C84H81N22NaO11S3. The summed E-state index contributed by atoms with van der Waals surface area (Å²) in [5.41, 5.74) is 16.5. The van der Waals surface area contributed by atoms with Crippen LogP contribution in [0.5, 0.6) is 0 Å². The standard InChI is InChI=1S/C18H15N7S.C13H13N5S.2C12H11NO2.C12H9NO2.C11H9NO2.C5H6N2O2.CH6N4S.Na.H2O/c1-11(12-5-6-15-13(8-12)4-3-7-19-15)16-21-22-18-25(16)23-17(26-18)14-9-20-24(2)10-14;1-8(12-16-17-13(19)18(12)14)9-4-5-11-10(7-9)3-2-6-15-11;1-15-12(14)8-9-4-5-11-10(7-9)3-2-6-13-11;2*1-8(12(14)15)9-4-5-11-10(7-9)3-2-6-13-11;13-11(14)7-8-3-4-10-9(6-8)2-1-5-12-10;1-7-3-4(2-6-7)5(8)9;2-4-1(6)5-3;;/h3-11H,1-2H3;2-8H,14H2,1H3,(H,17,19);2-7H,8H2,1H3;2-8H,1H3,(H,14,15);2-7H,1H2,(H,14,15);1-6H,7H2,(H,13,14);2-3H,1H3,(H,8,9);2-3H2,(H2,4,5,6);;1H2/q;;;;;;;;+1;/p-1/t11-;8-;;8-;;;;;;/m00.0....../s1. The quantitative estimate of drug-likeness (QED) is 0.0121. The zero-order valence-electron chi connectivity index (χ0n) is 66.2. The minimum Gasteiger partial charge on any atom is -0.870 e. The number of hydrogen-bond donors (Lipinski definition) is 10. The van der Waals surface area contributed by atoms with Gasteiger partial charge in [-0.05, 0) is 174 Å². The number of pyridine rings is 6. The van der Waals surface area contributed by atoms with Gasteiger partial charge in [0.25, 0.3) is 0 Å². The molecule has 17 rings (SSSR count). The molecular weight excluding hydrogens is 1610 g/mol. The van der Waals surface area contributed by atoms with Gasteiger partial charge in [0.2, 0.25) is 9.73 Å². The molecule has 11 aromatic heterocycles. The Hall–Kier alpha value is -14.0. The number of carbonyl (C=O) groups is 5. The third-order valence-corrected chi connectivity index (χ3v) is 19.4. The van der Waals surface area contributed by atoms with E-state index in [1.165, 1.54) is 40.2 Å². The van der Waals surface area contributed by atoms with E-state index in [1.807, 2.05) is 171 Å². The number of carboxylic acids is 4. The molecule has 0 spiro atoms. The number of nitrogens with one attached hydrogen (secondary N) is 3. The van der Waals surface area contributed by atoms with E-state index in [2.05, 4.69) is 126 Å². The Labute approximate surface area is 727 Å². The van der Waals surface area contributed by atoms with E-state index in [9.17, 15) is 24.0 Å². The number of aromatic carboxylic acids is 1. The van der Waals surface area contributed by atoms with Crippen molar-refractivity contribution in [3.05, 3.63) is 306 Å². The van der Waals surface area contributed by atoms with Crippen LogP contribution in [0.15, 0.2) is 251 Å². The van der Waals surface area contributed by atoms with Gasteiger partial charge in [0.15, 0.2) is 21.8 Å². The van der Waals surface area contributed by atoms with E-state index in [4.69, 9.17) is 55.3 Å². The number of hydrogen-bond acceptors (Lipinski definition) is 25. The van der Waals surface area contributed by atoms with Crippen LogP contribution in [-0.4, -0.2) is 152 Å². The summed E-state index contributed by atoms with van der Waals surface area (Å²) < 4.78 is 11.5. The molecule has 14 N–H and O–H groups in total. The first-order valence-electron chi connectivity index (χ1n) is 36.1. The van der Waals surface area contributed by atoms with Crippen molar-refractivity contribution in [2.24, 2.45) is 25.8 Å². The number of rotatable bonds is 14. The molecule has 0 unspecified atom stereocenters. The van der Waals surface area contributed by atoms with E-state index < -0.39 is 29.8 Å². The fourth-order valence-corrected chi connectivity index (χ4v) is 12.5. The first-order chi connectivity index (χ1) is 57.3. The van der Waals surface area contributed by atoms with Crippen molar-refractivity contribution in [3.63, 3.8) is 0 Å². The summed E-state index contributed by atoms with van der Waals surface area (Å²) >= 11 is 10.9. The number of nitrogen functional groups attached to an aromatic ring is 1. The van der Waals surface area contributed by atoms with Gasteiger partial charge in [0.05, 0.1) is 88.1 Å². The number of aliphatic carboxylic acids is 3. The summed E-state index contributed by atoms with van der Waals surface area (Å²) in [6.45, 7) is 9.36. The van der Waals surface area contributed by atoms with Gasteiger partial charge < -0.3 is 36.5 Å². The van der Waals surface area contributed by atoms with E-state index in [1.54, 1.807) is 73.9 Å². The molecule has 0 saturated heterocycles. The zero-order valence-corrected chi connectivity index (χ0v) is 70.7. The maximum Gasteiger partial charge on any atom is 1.00 e. The number of carbonyl (C=O) groups excluding carboxylic acids is 1. The molecule has 0 saturated carbocycles. The normalized spacial score (nSPS) is 11.1. The van der Waals surface area contributed by atoms with Crippen molar-refractivity contribution < 1.29 is 84.2 Å². The number of ether oxygens (including phenoxy) is 1. The van der Waals surface area contributed by atoms with Gasteiger partial charge in [-0.3, -0.25) is 69.6 Å². The molecule has 3 atom stereocenters. The van der Waals surface area contributed by atoms with Crippen molar-refractivity contribution in [1.29, 1.82) is 0 Å². The van der Waals surface area contributed by atoms with Gasteiger partial charge in [0, 0.05) is 108 Å². The number of aromatic nitrogens is 17. The largest absolute Gasteiger partial charge is 1.00 e.